The zero-order valence-electron chi connectivity index (χ0n) is 13.9. The number of benzene rings is 3. The third-order valence-electron chi connectivity index (χ3n) is 3.68. The fourth-order valence-electron chi connectivity index (χ4n) is 2.45. The highest BCUT2D eigenvalue weighted by Crippen LogP contribution is 2.35. The summed E-state index contributed by atoms with van der Waals surface area (Å²) in [6.07, 6.45) is -4.36. The number of halogens is 3. The summed E-state index contributed by atoms with van der Waals surface area (Å²) in [6, 6.07) is 20.1. The lowest BCUT2D eigenvalue weighted by molar-refractivity contribution is -0.137. The van der Waals surface area contributed by atoms with Crippen LogP contribution in [-0.2, 0) is 6.18 Å². The van der Waals surface area contributed by atoms with Crippen LogP contribution in [0.5, 0.6) is 11.5 Å². The normalized spacial score (nSPS) is 11.4. The molecule has 134 valence electrons. The summed E-state index contributed by atoms with van der Waals surface area (Å²) in [6.45, 7) is 0. The first kappa shape index (κ1) is 18.4. The molecule has 0 radical (unpaired) electrons. The van der Waals surface area contributed by atoms with Crippen molar-refractivity contribution in [2.45, 2.75) is 11.1 Å². The monoisotopic (exact) mass is 375 g/mol. The van der Waals surface area contributed by atoms with Crippen molar-refractivity contribution in [3.8, 4) is 22.6 Å². The molecule has 26 heavy (non-hydrogen) atoms. The van der Waals surface area contributed by atoms with Crippen LogP contribution in [0.25, 0.3) is 11.1 Å². The number of nitrogens with one attached hydrogen (secondary N) is 1. The Morgan fingerprint density at radius 3 is 2.12 bits per heavy atom. The second-order valence-corrected chi connectivity index (χ2v) is 6.53. The van der Waals surface area contributed by atoms with Gasteiger partial charge in [0.1, 0.15) is 11.5 Å². The van der Waals surface area contributed by atoms with Crippen LogP contribution in [0.1, 0.15) is 5.56 Å². The van der Waals surface area contributed by atoms with E-state index in [2.05, 4.69) is 4.72 Å². The Hall–Kier alpha value is -2.44. The summed E-state index contributed by atoms with van der Waals surface area (Å²) >= 11 is 1.52. The van der Waals surface area contributed by atoms with Crippen LogP contribution < -0.4 is 9.46 Å². The van der Waals surface area contributed by atoms with Gasteiger partial charge in [0.05, 0.1) is 5.56 Å². The number of hydrogen-bond acceptors (Lipinski definition) is 3. The van der Waals surface area contributed by atoms with Crippen molar-refractivity contribution in [1.29, 1.82) is 0 Å². The van der Waals surface area contributed by atoms with Gasteiger partial charge in [-0.2, -0.15) is 13.2 Å². The molecule has 0 bridgehead atoms. The average Bonchev–Trinajstić information content (AvgIpc) is 2.63. The molecule has 0 aliphatic carbocycles. The van der Waals surface area contributed by atoms with E-state index in [-0.39, 0.29) is 0 Å². The van der Waals surface area contributed by atoms with Crippen molar-refractivity contribution in [1.82, 2.24) is 4.72 Å². The fraction of sp³-hybridized carbons (Fsp3) is 0.100. The van der Waals surface area contributed by atoms with Crippen molar-refractivity contribution in [2.75, 3.05) is 7.05 Å². The zero-order chi connectivity index (χ0) is 18.6. The zero-order valence-corrected chi connectivity index (χ0v) is 14.7. The van der Waals surface area contributed by atoms with E-state index in [1.165, 1.54) is 24.1 Å². The van der Waals surface area contributed by atoms with Crippen molar-refractivity contribution >= 4 is 11.9 Å². The Kier molecular flexibility index (Phi) is 5.54. The highest BCUT2D eigenvalue weighted by atomic mass is 32.2. The largest absolute Gasteiger partial charge is 0.457 e. The second-order valence-electron chi connectivity index (χ2n) is 5.45. The number of alkyl halides is 3. The topological polar surface area (TPSA) is 21.3 Å². The van der Waals surface area contributed by atoms with Gasteiger partial charge in [-0.15, -0.1) is 0 Å². The highest BCUT2D eigenvalue weighted by molar-refractivity contribution is 7.97. The lowest BCUT2D eigenvalue weighted by Crippen LogP contribution is -2.04. The molecule has 1 N–H and O–H groups in total. The van der Waals surface area contributed by atoms with Gasteiger partial charge in [0, 0.05) is 10.5 Å². The van der Waals surface area contributed by atoms with E-state index in [4.69, 9.17) is 4.74 Å². The lowest BCUT2D eigenvalue weighted by Gasteiger charge is -2.13. The van der Waals surface area contributed by atoms with E-state index in [1.54, 1.807) is 6.07 Å². The van der Waals surface area contributed by atoms with E-state index < -0.39 is 11.7 Å². The maximum Gasteiger partial charge on any atom is 0.416 e. The molecule has 0 aliphatic heterocycles. The minimum Gasteiger partial charge on any atom is -0.457 e. The van der Waals surface area contributed by atoms with Gasteiger partial charge >= 0.3 is 6.18 Å². The number of hydrogen-bond donors (Lipinski definition) is 1. The van der Waals surface area contributed by atoms with Crippen LogP contribution in [0.15, 0.2) is 77.7 Å². The van der Waals surface area contributed by atoms with Crippen molar-refractivity contribution in [3.63, 3.8) is 0 Å². The number of rotatable bonds is 5. The van der Waals surface area contributed by atoms with Crippen LogP contribution in [-0.4, -0.2) is 7.05 Å². The van der Waals surface area contributed by atoms with Crippen molar-refractivity contribution < 1.29 is 17.9 Å². The standard InChI is InChI=1S/C20H16F3NOS/c1-24-26-17-12-6-14(7-13-17)18-4-2-3-5-19(18)25-16-10-8-15(9-11-16)20(21,22)23/h2-13,24H,1H3. The van der Waals surface area contributed by atoms with Gasteiger partial charge in [0.2, 0.25) is 0 Å². The molecule has 3 rings (SSSR count). The Morgan fingerprint density at radius 1 is 0.846 bits per heavy atom. The maximum atomic E-state index is 12.7. The van der Waals surface area contributed by atoms with E-state index in [9.17, 15) is 13.2 Å². The van der Waals surface area contributed by atoms with Crippen LogP contribution in [0.2, 0.25) is 0 Å². The molecule has 3 aromatic rings. The van der Waals surface area contributed by atoms with Crippen LogP contribution >= 0.6 is 11.9 Å². The summed E-state index contributed by atoms with van der Waals surface area (Å²) in [5, 5.41) is 0. The third kappa shape index (κ3) is 4.39. The molecule has 0 saturated heterocycles. The molecular weight excluding hydrogens is 359 g/mol. The molecule has 0 heterocycles. The second kappa shape index (κ2) is 7.85. The summed E-state index contributed by atoms with van der Waals surface area (Å²) in [7, 11) is 1.85. The van der Waals surface area contributed by atoms with Crippen LogP contribution in [0, 0.1) is 0 Å². The van der Waals surface area contributed by atoms with Gasteiger partial charge in [-0.3, -0.25) is 4.72 Å². The lowest BCUT2D eigenvalue weighted by atomic mass is 10.0. The Balaban J connectivity index is 1.85. The first-order chi connectivity index (χ1) is 12.5. The highest BCUT2D eigenvalue weighted by Gasteiger charge is 2.30. The molecule has 0 aliphatic rings. The van der Waals surface area contributed by atoms with E-state index >= 15 is 0 Å². The predicted octanol–water partition coefficient (Wildman–Crippen LogP) is 6.39. The van der Waals surface area contributed by atoms with Crippen LogP contribution in [0.3, 0.4) is 0 Å². The molecule has 0 spiro atoms. The third-order valence-corrected chi connectivity index (χ3v) is 4.39. The Morgan fingerprint density at radius 2 is 1.50 bits per heavy atom. The van der Waals surface area contributed by atoms with E-state index in [1.807, 2.05) is 49.5 Å². The molecule has 2 nitrogen and oxygen atoms in total. The summed E-state index contributed by atoms with van der Waals surface area (Å²) in [5.41, 5.74) is 1.14. The molecule has 0 aromatic heterocycles. The van der Waals surface area contributed by atoms with Gasteiger partial charge in [-0.1, -0.05) is 30.3 Å². The number of ether oxygens (including phenoxy) is 1. The van der Waals surface area contributed by atoms with Gasteiger partial charge in [-0.25, -0.2) is 0 Å². The van der Waals surface area contributed by atoms with Crippen molar-refractivity contribution in [3.05, 3.63) is 78.4 Å². The quantitative estimate of drug-likeness (QED) is 0.522. The van der Waals surface area contributed by atoms with E-state index in [0.29, 0.717) is 11.5 Å². The predicted molar refractivity (Wildman–Crippen MR) is 98.3 cm³/mol. The SMILES string of the molecule is CNSc1ccc(-c2ccccc2Oc2ccc(C(F)(F)F)cc2)cc1. The molecule has 0 unspecified atom stereocenters. The summed E-state index contributed by atoms with van der Waals surface area (Å²) < 4.78 is 46.9. The summed E-state index contributed by atoms with van der Waals surface area (Å²) in [5.74, 6) is 0.939. The van der Waals surface area contributed by atoms with Gasteiger partial charge in [0.25, 0.3) is 0 Å². The fourth-order valence-corrected chi connectivity index (χ4v) is 2.96. The van der Waals surface area contributed by atoms with Gasteiger partial charge in [0.15, 0.2) is 0 Å². The number of para-hydroxylation sites is 1. The van der Waals surface area contributed by atoms with E-state index in [0.717, 1.165) is 28.2 Å². The smallest absolute Gasteiger partial charge is 0.416 e. The van der Waals surface area contributed by atoms with Crippen LogP contribution in [0.4, 0.5) is 13.2 Å². The maximum absolute atomic E-state index is 12.7. The minimum absolute atomic E-state index is 0.354. The summed E-state index contributed by atoms with van der Waals surface area (Å²) in [4.78, 5) is 1.08. The average molecular weight is 375 g/mol. The molecule has 0 amide bonds. The molecule has 0 atom stereocenters. The molecule has 0 fully saturated rings. The Labute approximate surface area is 154 Å². The minimum atomic E-state index is -4.36. The Bertz CT molecular complexity index is 861. The molecule has 0 saturated carbocycles. The molecule has 6 heteroatoms. The first-order valence-corrected chi connectivity index (χ1v) is 8.67. The molecular formula is C20H16F3NOS. The first-order valence-electron chi connectivity index (χ1n) is 7.85. The van der Waals surface area contributed by atoms with Gasteiger partial charge in [-0.05, 0) is 67.0 Å². The van der Waals surface area contributed by atoms with Crippen molar-refractivity contribution in [2.24, 2.45) is 0 Å². The van der Waals surface area contributed by atoms with Gasteiger partial charge < -0.3 is 4.74 Å². The molecule has 3 aromatic carbocycles.